The molecule has 6 heteroatoms. The third-order valence-corrected chi connectivity index (χ3v) is 8.08. The first-order valence-corrected chi connectivity index (χ1v) is 15.2. The van der Waals surface area contributed by atoms with Gasteiger partial charge >= 0.3 is 0 Å². The maximum absolute atomic E-state index is 10.4. The predicted molar refractivity (Wildman–Crippen MR) is 158 cm³/mol. The minimum atomic E-state index is -0.987. The van der Waals surface area contributed by atoms with Gasteiger partial charge in [0.1, 0.15) is 0 Å². The highest BCUT2D eigenvalue weighted by Crippen LogP contribution is 2.43. The Balaban J connectivity index is 1.60. The van der Waals surface area contributed by atoms with Crippen LogP contribution in [0.15, 0.2) is 53.6 Å². The number of ether oxygens (including phenoxy) is 5. The summed E-state index contributed by atoms with van der Waals surface area (Å²) in [5.41, 5.74) is 2.80. The van der Waals surface area contributed by atoms with Gasteiger partial charge in [-0.1, -0.05) is 61.9 Å². The van der Waals surface area contributed by atoms with Crippen molar-refractivity contribution < 1.29 is 23.7 Å². The Morgan fingerprint density at radius 3 is 2.73 bits per heavy atom. The fourth-order valence-corrected chi connectivity index (χ4v) is 5.81. The summed E-state index contributed by atoms with van der Waals surface area (Å²) in [7, 11) is 0. The normalized spacial score (nSPS) is 24.6. The van der Waals surface area contributed by atoms with E-state index in [1.807, 2.05) is 32.0 Å². The monoisotopic (exact) mass is 553 g/mol. The second-order valence-corrected chi connectivity index (χ2v) is 11.9. The molecule has 0 spiro atoms. The molecule has 5 atom stereocenters. The molecule has 1 heterocycles. The summed E-state index contributed by atoms with van der Waals surface area (Å²) >= 11 is 0. The SMILES string of the molecule is CCOC(C)OC(C#N)(C/C(C)=C\C[C@]1(C)CCC=C1COCc1ccccc1)C[C@@H](C)COC1CCCCO1. The molecule has 1 saturated heterocycles. The first-order chi connectivity index (χ1) is 19.3. The van der Waals surface area contributed by atoms with Gasteiger partial charge in [0.25, 0.3) is 0 Å². The van der Waals surface area contributed by atoms with Gasteiger partial charge in [0.05, 0.1) is 25.9 Å². The Morgan fingerprint density at radius 2 is 2.02 bits per heavy atom. The van der Waals surface area contributed by atoms with Crippen LogP contribution < -0.4 is 0 Å². The molecule has 40 heavy (non-hydrogen) atoms. The van der Waals surface area contributed by atoms with Gasteiger partial charge in [-0.2, -0.15) is 5.26 Å². The first kappa shape index (κ1) is 32.5. The number of nitrogens with zero attached hydrogens (tertiary/aromatic N) is 1. The lowest BCUT2D eigenvalue weighted by molar-refractivity contribution is -0.194. The summed E-state index contributed by atoms with van der Waals surface area (Å²) < 4.78 is 29.9. The van der Waals surface area contributed by atoms with Crippen LogP contribution in [0.2, 0.25) is 0 Å². The Hall–Kier alpha value is -2.01. The summed E-state index contributed by atoms with van der Waals surface area (Å²) in [4.78, 5) is 0. The maximum Gasteiger partial charge on any atom is 0.161 e. The lowest BCUT2D eigenvalue weighted by Crippen LogP contribution is -2.38. The van der Waals surface area contributed by atoms with Crippen LogP contribution >= 0.6 is 0 Å². The molecule has 222 valence electrons. The van der Waals surface area contributed by atoms with Crippen molar-refractivity contribution >= 4 is 0 Å². The molecule has 2 aliphatic rings. The third-order valence-electron chi connectivity index (χ3n) is 8.08. The number of hydrogen-bond donors (Lipinski definition) is 0. The Kier molecular flexibility index (Phi) is 13.4. The zero-order valence-electron chi connectivity index (χ0n) is 25.5. The molecule has 1 aromatic rings. The van der Waals surface area contributed by atoms with E-state index in [2.05, 4.69) is 51.1 Å². The molecule has 0 N–H and O–H groups in total. The van der Waals surface area contributed by atoms with Crippen LogP contribution in [-0.4, -0.2) is 44.6 Å². The molecule has 3 rings (SSSR count). The second kappa shape index (κ2) is 16.4. The number of benzene rings is 1. The molecule has 0 saturated carbocycles. The van der Waals surface area contributed by atoms with E-state index in [1.54, 1.807) is 0 Å². The highest BCUT2D eigenvalue weighted by atomic mass is 16.7. The van der Waals surface area contributed by atoms with Crippen LogP contribution in [0.3, 0.4) is 0 Å². The number of hydrogen-bond acceptors (Lipinski definition) is 6. The van der Waals surface area contributed by atoms with Crippen molar-refractivity contribution in [2.24, 2.45) is 11.3 Å². The largest absolute Gasteiger partial charge is 0.372 e. The van der Waals surface area contributed by atoms with Crippen molar-refractivity contribution in [3.63, 3.8) is 0 Å². The van der Waals surface area contributed by atoms with E-state index in [-0.39, 0.29) is 17.6 Å². The highest BCUT2D eigenvalue weighted by molar-refractivity contribution is 5.23. The number of allylic oxidation sites excluding steroid dienone is 2. The zero-order chi connectivity index (χ0) is 28.8. The van der Waals surface area contributed by atoms with Gasteiger partial charge < -0.3 is 23.7 Å². The van der Waals surface area contributed by atoms with Crippen LogP contribution in [-0.2, 0) is 30.3 Å². The molecular weight excluding hydrogens is 502 g/mol. The lowest BCUT2D eigenvalue weighted by Gasteiger charge is -2.33. The third kappa shape index (κ3) is 10.4. The standard InChI is InChI=1S/C34H51NO5/c1-6-37-29(4)40-34(26-35,22-28(3)23-39-32-16-10-11-20-38-32)21-27(2)17-19-33(5)18-12-15-31(33)25-36-24-30-13-8-7-9-14-30/h7-9,13-15,17,28-29,32H,6,10-12,16,18-25H2,1-5H3/b27-17-/t28-,29?,32?,33+,34?/m1/s1. The van der Waals surface area contributed by atoms with Gasteiger partial charge in [0, 0.05) is 19.6 Å². The van der Waals surface area contributed by atoms with Crippen molar-refractivity contribution in [3.8, 4) is 6.07 Å². The van der Waals surface area contributed by atoms with E-state index in [1.165, 1.54) is 11.1 Å². The Bertz CT molecular complexity index is 980. The smallest absolute Gasteiger partial charge is 0.161 e. The van der Waals surface area contributed by atoms with Crippen LogP contribution in [0.25, 0.3) is 0 Å². The average Bonchev–Trinajstić information content (AvgIpc) is 3.32. The van der Waals surface area contributed by atoms with Crippen LogP contribution in [0.1, 0.15) is 91.5 Å². The summed E-state index contributed by atoms with van der Waals surface area (Å²) in [6.45, 7) is 13.5. The van der Waals surface area contributed by atoms with Gasteiger partial charge in [-0.15, -0.1) is 0 Å². The van der Waals surface area contributed by atoms with Gasteiger partial charge in [0.2, 0.25) is 0 Å². The minimum absolute atomic E-state index is 0.0633. The summed E-state index contributed by atoms with van der Waals surface area (Å²) in [6.07, 6.45) is 11.4. The Labute approximate surface area is 242 Å². The average molecular weight is 554 g/mol. The van der Waals surface area contributed by atoms with Gasteiger partial charge in [0.15, 0.2) is 18.2 Å². The van der Waals surface area contributed by atoms with Crippen molar-refractivity contribution in [2.75, 3.05) is 26.4 Å². The fraction of sp³-hybridized carbons (Fsp3) is 0.676. The van der Waals surface area contributed by atoms with E-state index < -0.39 is 11.9 Å². The summed E-state index contributed by atoms with van der Waals surface area (Å²) in [5, 5.41) is 10.4. The molecule has 0 bridgehead atoms. The van der Waals surface area contributed by atoms with E-state index in [0.717, 1.165) is 50.7 Å². The molecule has 1 fully saturated rings. The van der Waals surface area contributed by atoms with Crippen molar-refractivity contribution in [3.05, 3.63) is 59.2 Å². The molecule has 1 aliphatic heterocycles. The van der Waals surface area contributed by atoms with Crippen LogP contribution in [0.4, 0.5) is 0 Å². The van der Waals surface area contributed by atoms with Crippen LogP contribution in [0, 0.1) is 22.7 Å². The summed E-state index contributed by atoms with van der Waals surface area (Å²) in [5.74, 6) is 0.135. The molecule has 1 aliphatic carbocycles. The maximum atomic E-state index is 10.4. The molecule has 3 unspecified atom stereocenters. The lowest BCUT2D eigenvalue weighted by atomic mass is 9.79. The van der Waals surface area contributed by atoms with E-state index in [0.29, 0.717) is 39.3 Å². The van der Waals surface area contributed by atoms with Gasteiger partial charge in [-0.05, 0) is 88.2 Å². The van der Waals surface area contributed by atoms with Crippen molar-refractivity contribution in [2.45, 2.75) is 111 Å². The quantitative estimate of drug-likeness (QED) is 0.144. The molecule has 1 aromatic carbocycles. The Morgan fingerprint density at radius 1 is 1.23 bits per heavy atom. The number of nitriles is 1. The van der Waals surface area contributed by atoms with E-state index in [9.17, 15) is 5.26 Å². The van der Waals surface area contributed by atoms with Crippen LogP contribution in [0.5, 0.6) is 0 Å². The van der Waals surface area contributed by atoms with Gasteiger partial charge in [-0.25, -0.2) is 0 Å². The topological polar surface area (TPSA) is 69.9 Å². The predicted octanol–water partition coefficient (Wildman–Crippen LogP) is 7.89. The summed E-state index contributed by atoms with van der Waals surface area (Å²) in [6, 6.07) is 12.8. The fourth-order valence-electron chi connectivity index (χ4n) is 5.81. The molecule has 0 aromatic heterocycles. The minimum Gasteiger partial charge on any atom is -0.372 e. The van der Waals surface area contributed by atoms with E-state index >= 15 is 0 Å². The van der Waals surface area contributed by atoms with Crippen molar-refractivity contribution in [1.29, 1.82) is 5.26 Å². The van der Waals surface area contributed by atoms with Gasteiger partial charge in [-0.3, -0.25) is 0 Å². The molecule has 0 radical (unpaired) electrons. The molecule has 0 amide bonds. The second-order valence-electron chi connectivity index (χ2n) is 11.9. The molecule has 6 nitrogen and oxygen atoms in total. The van der Waals surface area contributed by atoms with E-state index in [4.69, 9.17) is 23.7 Å². The first-order valence-electron chi connectivity index (χ1n) is 15.2. The highest BCUT2D eigenvalue weighted by Gasteiger charge is 2.37. The number of rotatable bonds is 17. The molecular formula is C34H51NO5. The van der Waals surface area contributed by atoms with Crippen molar-refractivity contribution in [1.82, 2.24) is 0 Å². The zero-order valence-corrected chi connectivity index (χ0v) is 25.5.